The minimum Gasteiger partial charge on any atom is -0.340 e. The summed E-state index contributed by atoms with van der Waals surface area (Å²) >= 11 is 0. The quantitative estimate of drug-likeness (QED) is 0.811. The standard InChI is InChI=1S/C22H27FN4O2/c1-16(2)20(25-21(28)18-7-3-4-8-19(18)23)22(29)27-12-10-26(11-13-27)15-17-6-5-9-24-14-17/h3-9,14,16,20H,10-13,15H2,1-2H3,(H,25,28). The first-order valence-corrected chi connectivity index (χ1v) is 9.91. The fraction of sp³-hybridized carbons (Fsp3) is 0.409. The Labute approximate surface area is 170 Å². The van der Waals surface area contributed by atoms with Crippen molar-refractivity contribution in [2.24, 2.45) is 5.92 Å². The lowest BCUT2D eigenvalue weighted by Gasteiger charge is -2.37. The number of carbonyl (C=O) groups is 2. The van der Waals surface area contributed by atoms with Crippen LogP contribution in [0.2, 0.25) is 0 Å². The summed E-state index contributed by atoms with van der Waals surface area (Å²) in [7, 11) is 0. The van der Waals surface area contributed by atoms with E-state index in [-0.39, 0.29) is 17.4 Å². The summed E-state index contributed by atoms with van der Waals surface area (Å²) in [6, 6.07) is 9.06. The van der Waals surface area contributed by atoms with Crippen LogP contribution < -0.4 is 5.32 Å². The number of hydrogen-bond acceptors (Lipinski definition) is 4. The van der Waals surface area contributed by atoms with Gasteiger partial charge in [0.05, 0.1) is 5.56 Å². The van der Waals surface area contributed by atoms with E-state index in [1.54, 1.807) is 17.2 Å². The fourth-order valence-corrected chi connectivity index (χ4v) is 3.45. The molecule has 7 heteroatoms. The van der Waals surface area contributed by atoms with Crippen LogP contribution in [0.1, 0.15) is 29.8 Å². The van der Waals surface area contributed by atoms with E-state index in [0.29, 0.717) is 13.1 Å². The molecule has 3 rings (SSSR count). The molecule has 1 aromatic carbocycles. The van der Waals surface area contributed by atoms with Gasteiger partial charge in [0.1, 0.15) is 11.9 Å². The van der Waals surface area contributed by atoms with Crippen molar-refractivity contribution in [1.82, 2.24) is 20.1 Å². The Balaban J connectivity index is 1.58. The summed E-state index contributed by atoms with van der Waals surface area (Å²) in [5.41, 5.74) is 1.09. The normalized spacial score (nSPS) is 15.9. The van der Waals surface area contributed by atoms with Crippen LogP contribution in [0.15, 0.2) is 48.8 Å². The van der Waals surface area contributed by atoms with Crippen molar-refractivity contribution < 1.29 is 14.0 Å². The van der Waals surface area contributed by atoms with Crippen molar-refractivity contribution in [2.75, 3.05) is 26.2 Å². The molecule has 0 spiro atoms. The fourth-order valence-electron chi connectivity index (χ4n) is 3.45. The van der Waals surface area contributed by atoms with Crippen LogP contribution in [0.25, 0.3) is 0 Å². The Morgan fingerprint density at radius 1 is 1.10 bits per heavy atom. The molecule has 1 N–H and O–H groups in total. The van der Waals surface area contributed by atoms with E-state index in [2.05, 4.69) is 15.2 Å². The SMILES string of the molecule is CC(C)C(NC(=O)c1ccccc1F)C(=O)N1CCN(Cc2cccnc2)CC1. The minimum absolute atomic E-state index is 0.0489. The van der Waals surface area contributed by atoms with Gasteiger partial charge >= 0.3 is 0 Å². The number of piperazine rings is 1. The van der Waals surface area contributed by atoms with Crippen LogP contribution in [0, 0.1) is 11.7 Å². The Morgan fingerprint density at radius 2 is 1.83 bits per heavy atom. The first-order chi connectivity index (χ1) is 14.0. The van der Waals surface area contributed by atoms with E-state index in [1.165, 1.54) is 18.2 Å². The van der Waals surface area contributed by atoms with E-state index in [4.69, 9.17) is 0 Å². The number of nitrogens with one attached hydrogen (secondary N) is 1. The number of pyridine rings is 1. The molecule has 154 valence electrons. The first kappa shape index (κ1) is 20.9. The van der Waals surface area contributed by atoms with Crippen LogP contribution in [-0.4, -0.2) is 58.8 Å². The average Bonchev–Trinajstić information content (AvgIpc) is 2.73. The molecule has 0 radical (unpaired) electrons. The summed E-state index contributed by atoms with van der Waals surface area (Å²) in [6.45, 7) is 7.26. The van der Waals surface area contributed by atoms with Gasteiger partial charge in [-0.2, -0.15) is 0 Å². The molecule has 1 aliphatic heterocycles. The number of halogens is 1. The van der Waals surface area contributed by atoms with Crippen molar-refractivity contribution in [3.63, 3.8) is 0 Å². The molecular weight excluding hydrogens is 371 g/mol. The predicted molar refractivity (Wildman–Crippen MR) is 109 cm³/mol. The zero-order chi connectivity index (χ0) is 20.8. The van der Waals surface area contributed by atoms with Crippen LogP contribution in [0.4, 0.5) is 4.39 Å². The van der Waals surface area contributed by atoms with Gasteiger partial charge in [0.2, 0.25) is 5.91 Å². The van der Waals surface area contributed by atoms with Crippen LogP contribution >= 0.6 is 0 Å². The molecule has 0 saturated carbocycles. The highest BCUT2D eigenvalue weighted by Crippen LogP contribution is 2.13. The van der Waals surface area contributed by atoms with Gasteiger partial charge in [0.25, 0.3) is 5.91 Å². The smallest absolute Gasteiger partial charge is 0.254 e. The number of amides is 2. The Bertz CT molecular complexity index is 836. The van der Waals surface area contributed by atoms with Crippen LogP contribution in [0.5, 0.6) is 0 Å². The third-order valence-corrected chi connectivity index (χ3v) is 5.15. The van der Waals surface area contributed by atoms with Crippen LogP contribution in [0.3, 0.4) is 0 Å². The third-order valence-electron chi connectivity index (χ3n) is 5.15. The predicted octanol–water partition coefficient (Wildman–Crippen LogP) is 2.32. The van der Waals surface area contributed by atoms with E-state index < -0.39 is 17.8 Å². The summed E-state index contributed by atoms with van der Waals surface area (Å²) in [5, 5.41) is 2.73. The second-order valence-corrected chi connectivity index (χ2v) is 7.64. The van der Waals surface area contributed by atoms with Gasteiger partial charge in [-0.1, -0.05) is 32.0 Å². The highest BCUT2D eigenvalue weighted by Gasteiger charge is 2.31. The van der Waals surface area contributed by atoms with E-state index in [0.717, 1.165) is 25.2 Å². The maximum atomic E-state index is 13.9. The molecule has 1 aliphatic rings. The second-order valence-electron chi connectivity index (χ2n) is 7.64. The lowest BCUT2D eigenvalue weighted by atomic mass is 10.0. The zero-order valence-electron chi connectivity index (χ0n) is 16.8. The van der Waals surface area contributed by atoms with Crippen molar-refractivity contribution in [3.05, 3.63) is 65.7 Å². The molecule has 0 bridgehead atoms. The van der Waals surface area contributed by atoms with Crippen molar-refractivity contribution >= 4 is 11.8 Å². The summed E-state index contributed by atoms with van der Waals surface area (Å²) < 4.78 is 13.9. The molecular formula is C22H27FN4O2. The molecule has 29 heavy (non-hydrogen) atoms. The topological polar surface area (TPSA) is 65.5 Å². The average molecular weight is 398 g/mol. The molecule has 1 unspecified atom stereocenters. The molecule has 1 aromatic heterocycles. The molecule has 1 atom stereocenters. The monoisotopic (exact) mass is 398 g/mol. The number of hydrogen-bond donors (Lipinski definition) is 1. The molecule has 2 aromatic rings. The number of nitrogens with zero attached hydrogens (tertiary/aromatic N) is 3. The third kappa shape index (κ3) is 5.38. The largest absolute Gasteiger partial charge is 0.340 e. The Kier molecular flexibility index (Phi) is 6.93. The summed E-state index contributed by atoms with van der Waals surface area (Å²) in [6.07, 6.45) is 3.60. The molecule has 0 aliphatic carbocycles. The van der Waals surface area contributed by atoms with Crippen molar-refractivity contribution in [3.8, 4) is 0 Å². The van der Waals surface area contributed by atoms with Gasteiger partial charge < -0.3 is 10.2 Å². The van der Waals surface area contributed by atoms with Crippen molar-refractivity contribution in [1.29, 1.82) is 0 Å². The lowest BCUT2D eigenvalue weighted by molar-refractivity contribution is -0.136. The molecule has 1 fully saturated rings. The Hall–Kier alpha value is -2.80. The maximum Gasteiger partial charge on any atom is 0.254 e. The Morgan fingerprint density at radius 3 is 2.45 bits per heavy atom. The molecule has 6 nitrogen and oxygen atoms in total. The maximum absolute atomic E-state index is 13.9. The number of rotatable bonds is 6. The minimum atomic E-state index is -0.688. The second kappa shape index (κ2) is 9.60. The molecule has 2 heterocycles. The highest BCUT2D eigenvalue weighted by molar-refractivity contribution is 5.97. The van der Waals surface area contributed by atoms with Gasteiger partial charge in [-0.15, -0.1) is 0 Å². The van der Waals surface area contributed by atoms with Gasteiger partial charge in [-0.05, 0) is 29.7 Å². The van der Waals surface area contributed by atoms with Crippen LogP contribution in [-0.2, 0) is 11.3 Å². The van der Waals surface area contributed by atoms with E-state index in [1.807, 2.05) is 32.2 Å². The summed E-state index contributed by atoms with van der Waals surface area (Å²) in [4.78, 5) is 33.7. The first-order valence-electron chi connectivity index (χ1n) is 9.91. The highest BCUT2D eigenvalue weighted by atomic mass is 19.1. The number of carbonyl (C=O) groups excluding carboxylic acids is 2. The molecule has 2 amide bonds. The van der Waals surface area contributed by atoms with Gasteiger partial charge in [-0.3, -0.25) is 19.5 Å². The van der Waals surface area contributed by atoms with Gasteiger partial charge in [-0.25, -0.2) is 4.39 Å². The van der Waals surface area contributed by atoms with Gasteiger partial charge in [0.15, 0.2) is 0 Å². The van der Waals surface area contributed by atoms with E-state index in [9.17, 15) is 14.0 Å². The van der Waals surface area contributed by atoms with Gasteiger partial charge in [0, 0.05) is 45.1 Å². The number of benzene rings is 1. The number of aromatic nitrogens is 1. The summed E-state index contributed by atoms with van der Waals surface area (Å²) in [5.74, 6) is -1.38. The lowest BCUT2D eigenvalue weighted by Crippen LogP contribution is -2.56. The van der Waals surface area contributed by atoms with Crippen molar-refractivity contribution in [2.45, 2.75) is 26.4 Å². The molecule has 1 saturated heterocycles. The van der Waals surface area contributed by atoms with E-state index >= 15 is 0 Å². The zero-order valence-corrected chi connectivity index (χ0v) is 16.8.